The standard InChI is InChI=1S/C19H30N4S/c1-18(2)12-16(13-19(3,4)22-18)23(17-21-10-7-11-24-17)14-15-8-5-6-9-20-15/h5-6,8-9,16,22H,7,10-14H2,1-4H3. The summed E-state index contributed by atoms with van der Waals surface area (Å²) in [6, 6.07) is 6.67. The molecule has 132 valence electrons. The zero-order valence-corrected chi connectivity index (χ0v) is 16.2. The Labute approximate surface area is 150 Å². The van der Waals surface area contributed by atoms with Gasteiger partial charge in [0.25, 0.3) is 0 Å². The SMILES string of the molecule is CC1(C)CC(N(Cc2ccccn2)C2=NCCCS2)CC(C)(C)N1. The molecule has 0 radical (unpaired) electrons. The van der Waals surface area contributed by atoms with Gasteiger partial charge in [-0.2, -0.15) is 0 Å². The van der Waals surface area contributed by atoms with E-state index in [4.69, 9.17) is 4.99 Å². The summed E-state index contributed by atoms with van der Waals surface area (Å²) in [5.74, 6) is 1.18. The third-order valence-electron chi connectivity index (χ3n) is 4.69. The van der Waals surface area contributed by atoms with E-state index in [1.807, 2.05) is 24.0 Å². The summed E-state index contributed by atoms with van der Waals surface area (Å²) in [6.07, 6.45) is 5.33. The van der Waals surface area contributed by atoms with Crippen molar-refractivity contribution >= 4 is 16.9 Å². The second-order valence-electron chi connectivity index (χ2n) is 8.27. The summed E-state index contributed by atoms with van der Waals surface area (Å²) in [5.41, 5.74) is 1.39. The van der Waals surface area contributed by atoms with E-state index in [2.05, 4.69) is 55.0 Å². The number of piperidine rings is 1. The minimum absolute atomic E-state index is 0.134. The van der Waals surface area contributed by atoms with Gasteiger partial charge in [-0.1, -0.05) is 17.8 Å². The third-order valence-corrected chi connectivity index (χ3v) is 5.81. The number of aromatic nitrogens is 1. The van der Waals surface area contributed by atoms with Crippen LogP contribution >= 0.6 is 11.8 Å². The first-order valence-electron chi connectivity index (χ1n) is 8.98. The Kier molecular flexibility index (Phi) is 5.21. The fourth-order valence-corrected chi connectivity index (χ4v) is 5.15. The highest BCUT2D eigenvalue weighted by Crippen LogP contribution is 2.34. The van der Waals surface area contributed by atoms with Crippen LogP contribution in [0.25, 0.3) is 0 Å². The predicted octanol–water partition coefficient (Wildman–Crippen LogP) is 3.69. The van der Waals surface area contributed by atoms with Gasteiger partial charge in [-0.15, -0.1) is 0 Å². The minimum atomic E-state index is 0.134. The molecule has 5 heteroatoms. The van der Waals surface area contributed by atoms with E-state index in [1.54, 1.807) is 0 Å². The fraction of sp³-hybridized carbons (Fsp3) is 0.684. The van der Waals surface area contributed by atoms with Crippen molar-refractivity contribution < 1.29 is 0 Å². The van der Waals surface area contributed by atoms with E-state index in [1.165, 1.54) is 17.3 Å². The number of nitrogens with one attached hydrogen (secondary N) is 1. The van der Waals surface area contributed by atoms with Crippen molar-refractivity contribution in [2.45, 2.75) is 70.6 Å². The van der Waals surface area contributed by atoms with Crippen LogP contribution in [-0.2, 0) is 6.54 Å². The van der Waals surface area contributed by atoms with E-state index in [-0.39, 0.29) is 11.1 Å². The van der Waals surface area contributed by atoms with Crippen LogP contribution in [0.1, 0.15) is 52.7 Å². The Morgan fingerprint density at radius 2 is 1.96 bits per heavy atom. The first-order chi connectivity index (χ1) is 11.3. The van der Waals surface area contributed by atoms with Crippen LogP contribution in [0.3, 0.4) is 0 Å². The van der Waals surface area contributed by atoms with E-state index in [9.17, 15) is 0 Å². The molecular weight excluding hydrogens is 316 g/mol. The van der Waals surface area contributed by atoms with Crippen molar-refractivity contribution in [1.82, 2.24) is 15.2 Å². The van der Waals surface area contributed by atoms with Crippen molar-refractivity contribution in [1.29, 1.82) is 0 Å². The number of pyridine rings is 1. The van der Waals surface area contributed by atoms with Gasteiger partial charge in [0.1, 0.15) is 0 Å². The average Bonchev–Trinajstić information content (AvgIpc) is 2.51. The topological polar surface area (TPSA) is 40.5 Å². The monoisotopic (exact) mass is 346 g/mol. The quantitative estimate of drug-likeness (QED) is 0.906. The first-order valence-corrected chi connectivity index (χ1v) is 9.96. The molecule has 2 aliphatic rings. The maximum atomic E-state index is 4.85. The molecule has 24 heavy (non-hydrogen) atoms. The molecule has 1 aromatic heterocycles. The van der Waals surface area contributed by atoms with Crippen LogP contribution in [-0.4, -0.2) is 44.5 Å². The van der Waals surface area contributed by atoms with Crippen LogP contribution in [0, 0.1) is 0 Å². The van der Waals surface area contributed by atoms with Gasteiger partial charge in [0.05, 0.1) is 12.2 Å². The van der Waals surface area contributed by atoms with E-state index in [0.29, 0.717) is 6.04 Å². The first kappa shape index (κ1) is 17.7. The molecule has 0 spiro atoms. The van der Waals surface area contributed by atoms with Gasteiger partial charge < -0.3 is 10.2 Å². The largest absolute Gasteiger partial charge is 0.342 e. The van der Waals surface area contributed by atoms with E-state index >= 15 is 0 Å². The zero-order valence-electron chi connectivity index (χ0n) is 15.4. The van der Waals surface area contributed by atoms with Crippen LogP contribution in [0.4, 0.5) is 0 Å². The molecule has 1 fully saturated rings. The molecule has 0 aliphatic carbocycles. The number of hydrogen-bond acceptors (Lipinski definition) is 5. The van der Waals surface area contributed by atoms with Crippen molar-refractivity contribution in [3.8, 4) is 0 Å². The number of hydrogen-bond donors (Lipinski definition) is 1. The lowest BCUT2D eigenvalue weighted by Crippen LogP contribution is -2.62. The highest BCUT2D eigenvalue weighted by Gasteiger charge is 2.41. The van der Waals surface area contributed by atoms with E-state index < -0.39 is 0 Å². The number of thioether (sulfide) groups is 1. The van der Waals surface area contributed by atoms with Crippen molar-refractivity contribution in [3.05, 3.63) is 30.1 Å². The molecule has 0 bridgehead atoms. The number of aliphatic imine (C=N–C) groups is 1. The molecule has 0 unspecified atom stereocenters. The lowest BCUT2D eigenvalue weighted by Gasteiger charge is -2.50. The van der Waals surface area contributed by atoms with Gasteiger partial charge >= 0.3 is 0 Å². The molecule has 0 amide bonds. The molecular formula is C19H30N4S. The molecule has 1 aromatic rings. The Morgan fingerprint density at radius 1 is 1.21 bits per heavy atom. The van der Waals surface area contributed by atoms with E-state index in [0.717, 1.165) is 31.6 Å². The molecule has 3 rings (SSSR count). The second kappa shape index (κ2) is 7.04. The Bertz CT molecular complexity index is 566. The highest BCUT2D eigenvalue weighted by molar-refractivity contribution is 8.13. The Balaban J connectivity index is 1.87. The van der Waals surface area contributed by atoms with Crippen LogP contribution in [0.5, 0.6) is 0 Å². The summed E-state index contributed by atoms with van der Waals surface area (Å²) in [4.78, 5) is 11.9. The highest BCUT2D eigenvalue weighted by atomic mass is 32.2. The van der Waals surface area contributed by atoms with Crippen molar-refractivity contribution in [2.75, 3.05) is 12.3 Å². The van der Waals surface area contributed by atoms with Crippen molar-refractivity contribution in [3.63, 3.8) is 0 Å². The molecule has 0 atom stereocenters. The van der Waals surface area contributed by atoms with Crippen LogP contribution in [0.2, 0.25) is 0 Å². The minimum Gasteiger partial charge on any atom is -0.342 e. The number of amidine groups is 1. The van der Waals surface area contributed by atoms with Crippen molar-refractivity contribution in [2.24, 2.45) is 4.99 Å². The van der Waals surface area contributed by atoms with Crippen LogP contribution in [0.15, 0.2) is 29.4 Å². The summed E-state index contributed by atoms with van der Waals surface area (Å²) >= 11 is 1.91. The van der Waals surface area contributed by atoms with Gasteiger partial charge in [0.15, 0.2) is 5.17 Å². The number of nitrogens with zero attached hydrogens (tertiary/aromatic N) is 3. The molecule has 2 aliphatic heterocycles. The molecule has 1 saturated heterocycles. The maximum absolute atomic E-state index is 4.85. The lowest BCUT2D eigenvalue weighted by atomic mass is 9.79. The fourth-order valence-electron chi connectivity index (χ4n) is 4.13. The normalized spacial score (nSPS) is 23.6. The summed E-state index contributed by atoms with van der Waals surface area (Å²) in [7, 11) is 0. The molecule has 1 N–H and O–H groups in total. The molecule has 0 saturated carbocycles. The molecule has 4 nitrogen and oxygen atoms in total. The van der Waals surface area contributed by atoms with Crippen LogP contribution < -0.4 is 5.32 Å². The Hall–Kier alpha value is -1.07. The predicted molar refractivity (Wildman–Crippen MR) is 103 cm³/mol. The summed E-state index contributed by atoms with van der Waals surface area (Å²) < 4.78 is 0. The van der Waals surface area contributed by atoms with Gasteiger partial charge in [-0.05, 0) is 59.1 Å². The zero-order chi connectivity index (χ0) is 17.2. The summed E-state index contributed by atoms with van der Waals surface area (Å²) in [5, 5.41) is 5.01. The Morgan fingerprint density at radius 3 is 2.54 bits per heavy atom. The maximum Gasteiger partial charge on any atom is 0.159 e. The van der Waals surface area contributed by atoms with Gasteiger partial charge in [-0.25, -0.2) is 0 Å². The number of rotatable bonds is 3. The van der Waals surface area contributed by atoms with Gasteiger partial charge in [0, 0.05) is 35.6 Å². The smallest absolute Gasteiger partial charge is 0.159 e. The third kappa shape index (κ3) is 4.51. The lowest BCUT2D eigenvalue weighted by molar-refractivity contribution is 0.101. The van der Waals surface area contributed by atoms with Gasteiger partial charge in [-0.3, -0.25) is 9.98 Å². The second-order valence-corrected chi connectivity index (χ2v) is 9.33. The average molecular weight is 347 g/mol. The van der Waals surface area contributed by atoms with Gasteiger partial charge in [0.2, 0.25) is 0 Å². The molecule has 0 aromatic carbocycles. The summed E-state index contributed by atoms with van der Waals surface area (Å²) in [6.45, 7) is 11.1. The molecule has 3 heterocycles.